The number of para-hydroxylation sites is 6. The Bertz CT molecular complexity index is 4710. The lowest BCUT2D eigenvalue weighted by Gasteiger charge is -2.15. The molecule has 0 radical (unpaired) electrons. The summed E-state index contributed by atoms with van der Waals surface area (Å²) in [6.07, 6.45) is 0.678. The lowest BCUT2D eigenvalue weighted by Crippen LogP contribution is -2.08. The van der Waals surface area contributed by atoms with E-state index in [0.717, 1.165) is 110 Å². The fourth-order valence-electron chi connectivity index (χ4n) is 11.6. The molecule has 10 aromatic carbocycles. The smallest absolute Gasteiger partial charge is 0.238 e. The second-order valence-electron chi connectivity index (χ2n) is 18.9. The van der Waals surface area contributed by atoms with E-state index in [9.17, 15) is 0 Å². The van der Waals surface area contributed by atoms with Crippen LogP contribution in [-0.2, 0) is 6.42 Å². The Hall–Kier alpha value is -9.92. The van der Waals surface area contributed by atoms with E-state index >= 15 is 0 Å². The van der Waals surface area contributed by atoms with Gasteiger partial charge in [0.1, 0.15) is 22.3 Å². The van der Waals surface area contributed by atoms with E-state index in [4.69, 9.17) is 28.8 Å². The first-order chi connectivity index (χ1) is 36.2. The first-order valence-corrected chi connectivity index (χ1v) is 24.6. The summed E-state index contributed by atoms with van der Waals surface area (Å²) in [6, 6.07) is 76.3. The maximum Gasteiger partial charge on any atom is 0.238 e. The van der Waals surface area contributed by atoms with Crippen molar-refractivity contribution in [2.75, 3.05) is 0 Å². The van der Waals surface area contributed by atoms with Crippen LogP contribution in [0.3, 0.4) is 0 Å². The van der Waals surface area contributed by atoms with E-state index in [2.05, 4.69) is 179 Å². The lowest BCUT2D eigenvalue weighted by molar-refractivity contribution is 0.669. The summed E-state index contributed by atoms with van der Waals surface area (Å²) in [5.41, 5.74) is 16.4. The third kappa shape index (κ3) is 5.89. The van der Waals surface area contributed by atoms with Crippen LogP contribution in [0.5, 0.6) is 0 Å². The van der Waals surface area contributed by atoms with Crippen molar-refractivity contribution < 1.29 is 8.83 Å². The van der Waals surface area contributed by atoms with E-state index in [1.54, 1.807) is 0 Å². The zero-order valence-electron chi connectivity index (χ0n) is 39.0. The third-order valence-corrected chi connectivity index (χ3v) is 14.9. The fourth-order valence-corrected chi connectivity index (χ4v) is 11.6. The fraction of sp³-hybridized carbons (Fsp3) is 0.0154. The third-order valence-electron chi connectivity index (χ3n) is 14.9. The van der Waals surface area contributed by atoms with Gasteiger partial charge in [-0.3, -0.25) is 9.56 Å². The molecular formula is C65H38N6O2. The van der Waals surface area contributed by atoms with Crippen LogP contribution in [0.2, 0.25) is 0 Å². The Morgan fingerprint density at radius 1 is 0.370 bits per heavy atom. The predicted octanol–water partition coefficient (Wildman–Crippen LogP) is 16.5. The molecule has 0 amide bonds. The maximum atomic E-state index is 6.68. The van der Waals surface area contributed by atoms with Crippen molar-refractivity contribution in [2.45, 2.75) is 6.42 Å². The van der Waals surface area contributed by atoms with Gasteiger partial charge in [0.25, 0.3) is 0 Å². The Balaban J connectivity index is 0.974. The average Bonchev–Trinajstić information content (AvgIpc) is 4.30. The monoisotopic (exact) mass is 934 g/mol. The summed E-state index contributed by atoms with van der Waals surface area (Å²) in [4.78, 5) is 21.8. The van der Waals surface area contributed by atoms with Gasteiger partial charge in [-0.25, -0.2) is 4.98 Å². The Kier molecular flexibility index (Phi) is 8.35. The molecule has 16 rings (SSSR count). The quantitative estimate of drug-likeness (QED) is 0.166. The van der Waals surface area contributed by atoms with Gasteiger partial charge in [0.15, 0.2) is 11.6 Å². The van der Waals surface area contributed by atoms with Gasteiger partial charge in [-0.05, 0) is 71.3 Å². The normalized spacial score (nSPS) is 12.7. The van der Waals surface area contributed by atoms with Crippen molar-refractivity contribution in [1.29, 1.82) is 0 Å². The van der Waals surface area contributed by atoms with Gasteiger partial charge in [-0.15, -0.1) is 0 Å². The van der Waals surface area contributed by atoms with Gasteiger partial charge in [-0.2, -0.15) is 9.97 Å². The number of fused-ring (bicyclic) bond motifs is 14. The van der Waals surface area contributed by atoms with Gasteiger partial charge < -0.3 is 13.4 Å². The van der Waals surface area contributed by atoms with Gasteiger partial charge >= 0.3 is 0 Å². The molecule has 0 fully saturated rings. The molecule has 0 bridgehead atoms. The van der Waals surface area contributed by atoms with Crippen LogP contribution in [0.1, 0.15) is 11.1 Å². The number of hydrogen-bond donors (Lipinski definition) is 0. The molecule has 0 atom stereocenters. The molecule has 340 valence electrons. The highest BCUT2D eigenvalue weighted by atomic mass is 16.3. The van der Waals surface area contributed by atoms with Crippen LogP contribution in [0.4, 0.5) is 5.69 Å². The predicted molar refractivity (Wildman–Crippen MR) is 296 cm³/mol. The average molecular weight is 935 g/mol. The topological polar surface area (TPSA) is 87.2 Å². The Morgan fingerprint density at radius 2 is 0.877 bits per heavy atom. The van der Waals surface area contributed by atoms with Crippen LogP contribution in [0.25, 0.3) is 133 Å². The van der Waals surface area contributed by atoms with E-state index in [0.29, 0.717) is 35.2 Å². The number of nitrogens with zero attached hydrogens (tertiary/aromatic N) is 6. The Morgan fingerprint density at radius 3 is 1.53 bits per heavy atom. The van der Waals surface area contributed by atoms with Crippen LogP contribution < -0.4 is 0 Å². The molecule has 73 heavy (non-hydrogen) atoms. The van der Waals surface area contributed by atoms with E-state index in [1.807, 2.05) is 48.5 Å². The van der Waals surface area contributed by atoms with Crippen molar-refractivity contribution in [1.82, 2.24) is 24.1 Å². The number of hydrogen-bond acceptors (Lipinski definition) is 6. The van der Waals surface area contributed by atoms with Gasteiger partial charge in [0.2, 0.25) is 5.95 Å². The van der Waals surface area contributed by atoms with Crippen LogP contribution in [0, 0.1) is 0 Å². The minimum Gasteiger partial charge on any atom is -0.455 e. The maximum absolute atomic E-state index is 6.68. The molecule has 5 aromatic heterocycles. The second-order valence-corrected chi connectivity index (χ2v) is 18.9. The molecule has 1 aliphatic rings. The van der Waals surface area contributed by atoms with Gasteiger partial charge in [0.05, 0.1) is 50.3 Å². The van der Waals surface area contributed by atoms with Crippen molar-refractivity contribution in [3.05, 3.63) is 230 Å². The van der Waals surface area contributed by atoms with Crippen molar-refractivity contribution in [3.8, 4) is 45.5 Å². The number of aliphatic imine (C=N–C) groups is 1. The largest absolute Gasteiger partial charge is 0.455 e. The zero-order chi connectivity index (χ0) is 47.7. The number of rotatable bonds is 6. The summed E-state index contributed by atoms with van der Waals surface area (Å²) in [7, 11) is 0. The summed E-state index contributed by atoms with van der Waals surface area (Å²) in [5, 5.41) is 8.48. The summed E-state index contributed by atoms with van der Waals surface area (Å²) < 4.78 is 18.1. The molecule has 0 N–H and O–H groups in total. The van der Waals surface area contributed by atoms with E-state index in [-0.39, 0.29) is 0 Å². The minimum atomic E-state index is 0.471. The molecule has 8 heteroatoms. The highest BCUT2D eigenvalue weighted by molar-refractivity contribution is 6.24. The molecule has 6 heterocycles. The van der Waals surface area contributed by atoms with Gasteiger partial charge in [0, 0.05) is 55.1 Å². The van der Waals surface area contributed by atoms with Crippen LogP contribution >= 0.6 is 0 Å². The second kappa shape index (κ2) is 15.3. The standard InChI is InChI=1S/C65H38N6O2/c1-2-16-38(17-3-1)39-18-12-19-40(36-39)53-37-51-52(66-53)28-15-31-56(51)70-54-29-8-4-20-41(54)45-34-35-46-42-21-5-9-30-55(42)71(60(46)59(45)70)65-68-63(49-26-13-24-47-43-22-6-10-32-57(43)72-61(47)49)67-64(69-65)50-27-14-25-48-44-23-7-11-33-58(44)73-62(48)50/h1-36H,37H2. The van der Waals surface area contributed by atoms with E-state index in [1.165, 1.54) is 16.7 Å². The first kappa shape index (κ1) is 39.9. The molecule has 0 saturated carbocycles. The number of furan rings is 2. The van der Waals surface area contributed by atoms with Gasteiger partial charge in [-0.1, -0.05) is 164 Å². The van der Waals surface area contributed by atoms with Crippen LogP contribution in [-0.4, -0.2) is 29.8 Å². The lowest BCUT2D eigenvalue weighted by atomic mass is 9.98. The molecule has 1 aliphatic heterocycles. The van der Waals surface area contributed by atoms with Crippen molar-refractivity contribution in [3.63, 3.8) is 0 Å². The SMILES string of the molecule is c1ccc(-c2cccc(C3=Nc4cccc(-n5c6ccccc6c6ccc7c8ccccc8n(-c8nc(-c9cccc%10c9oc9ccccc9%10)nc(-c9cccc%10c9oc9ccccc9%10)n8)c7c65)c4C3)c2)cc1. The van der Waals surface area contributed by atoms with E-state index < -0.39 is 0 Å². The molecule has 0 aliphatic carbocycles. The molecule has 0 spiro atoms. The summed E-state index contributed by atoms with van der Waals surface area (Å²) >= 11 is 0. The first-order valence-electron chi connectivity index (χ1n) is 24.6. The summed E-state index contributed by atoms with van der Waals surface area (Å²) in [6.45, 7) is 0. The highest BCUT2D eigenvalue weighted by Crippen LogP contribution is 2.45. The molecule has 15 aromatic rings. The minimum absolute atomic E-state index is 0.471. The molecular weight excluding hydrogens is 897 g/mol. The molecule has 0 unspecified atom stereocenters. The number of aromatic nitrogens is 5. The molecule has 0 saturated heterocycles. The summed E-state index contributed by atoms with van der Waals surface area (Å²) in [5.74, 6) is 1.44. The highest BCUT2D eigenvalue weighted by Gasteiger charge is 2.28. The zero-order valence-corrected chi connectivity index (χ0v) is 39.0. The van der Waals surface area contributed by atoms with Crippen molar-refractivity contribution in [2.24, 2.45) is 4.99 Å². The van der Waals surface area contributed by atoms with Crippen molar-refractivity contribution >= 4 is 98.9 Å². The Labute approximate surface area is 416 Å². The van der Waals surface area contributed by atoms with Crippen LogP contribution in [0.15, 0.2) is 232 Å². The number of benzene rings is 10. The molecule has 8 nitrogen and oxygen atoms in total.